The first-order valence-corrected chi connectivity index (χ1v) is 7.92. The number of carbonyl (C=O) groups is 1. The molecule has 1 saturated heterocycles. The number of benzene rings is 1. The molecule has 1 aliphatic rings. The standard InChI is InChI=1S/C15H20BrFN2O/c16-13-6-5-12(11-14(13)17)15(20)18-7-10-19-8-3-1-2-4-9-19/h5-6,11H,1-4,7-10H2,(H,18,20). The summed E-state index contributed by atoms with van der Waals surface area (Å²) < 4.78 is 13.7. The lowest BCUT2D eigenvalue weighted by molar-refractivity contribution is 0.0948. The minimum Gasteiger partial charge on any atom is -0.351 e. The van der Waals surface area contributed by atoms with Crippen LogP contribution in [-0.4, -0.2) is 37.0 Å². The molecule has 0 bridgehead atoms. The Morgan fingerprint density at radius 3 is 2.60 bits per heavy atom. The van der Waals surface area contributed by atoms with E-state index in [1.54, 1.807) is 12.1 Å². The zero-order chi connectivity index (χ0) is 14.4. The lowest BCUT2D eigenvalue weighted by atomic mass is 10.2. The van der Waals surface area contributed by atoms with Crippen LogP contribution in [0.15, 0.2) is 22.7 Å². The fraction of sp³-hybridized carbons (Fsp3) is 0.533. The molecule has 1 fully saturated rings. The SMILES string of the molecule is O=C(NCCN1CCCCCC1)c1ccc(Br)c(F)c1. The van der Waals surface area contributed by atoms with Gasteiger partial charge in [-0.2, -0.15) is 0 Å². The third-order valence-corrected chi connectivity index (χ3v) is 4.24. The van der Waals surface area contributed by atoms with Crippen molar-refractivity contribution in [3.8, 4) is 0 Å². The van der Waals surface area contributed by atoms with Crippen molar-refractivity contribution in [2.24, 2.45) is 0 Å². The smallest absolute Gasteiger partial charge is 0.251 e. The van der Waals surface area contributed by atoms with Crippen LogP contribution in [0.1, 0.15) is 36.0 Å². The molecule has 0 radical (unpaired) electrons. The van der Waals surface area contributed by atoms with Crippen LogP contribution in [0.2, 0.25) is 0 Å². The molecule has 0 aromatic heterocycles. The van der Waals surface area contributed by atoms with Gasteiger partial charge < -0.3 is 10.2 Å². The zero-order valence-corrected chi connectivity index (χ0v) is 13.1. The van der Waals surface area contributed by atoms with Gasteiger partial charge >= 0.3 is 0 Å². The molecular weight excluding hydrogens is 323 g/mol. The van der Waals surface area contributed by atoms with Crippen LogP contribution < -0.4 is 5.32 Å². The summed E-state index contributed by atoms with van der Waals surface area (Å²) in [4.78, 5) is 14.3. The summed E-state index contributed by atoms with van der Waals surface area (Å²) in [5.41, 5.74) is 0.363. The molecule has 3 nitrogen and oxygen atoms in total. The van der Waals surface area contributed by atoms with Gasteiger partial charge in [-0.15, -0.1) is 0 Å². The fourth-order valence-electron chi connectivity index (χ4n) is 2.43. The molecule has 1 aromatic carbocycles. The highest BCUT2D eigenvalue weighted by atomic mass is 79.9. The summed E-state index contributed by atoms with van der Waals surface area (Å²) in [5.74, 6) is -0.628. The Morgan fingerprint density at radius 1 is 1.25 bits per heavy atom. The predicted molar refractivity (Wildman–Crippen MR) is 81.3 cm³/mol. The van der Waals surface area contributed by atoms with E-state index in [4.69, 9.17) is 0 Å². The van der Waals surface area contributed by atoms with Gasteiger partial charge in [0.15, 0.2) is 0 Å². The topological polar surface area (TPSA) is 32.3 Å². The van der Waals surface area contributed by atoms with Gasteiger partial charge in [-0.1, -0.05) is 12.8 Å². The first kappa shape index (κ1) is 15.4. The number of amides is 1. The molecule has 0 saturated carbocycles. The normalized spacial score (nSPS) is 16.7. The summed E-state index contributed by atoms with van der Waals surface area (Å²) >= 11 is 3.08. The van der Waals surface area contributed by atoms with E-state index in [-0.39, 0.29) is 5.91 Å². The number of nitrogens with zero attached hydrogens (tertiary/aromatic N) is 1. The monoisotopic (exact) mass is 342 g/mol. The minimum atomic E-state index is -0.412. The molecule has 20 heavy (non-hydrogen) atoms. The van der Waals surface area contributed by atoms with Crippen molar-refractivity contribution in [3.63, 3.8) is 0 Å². The summed E-state index contributed by atoms with van der Waals surface area (Å²) in [5, 5.41) is 2.85. The number of nitrogens with one attached hydrogen (secondary N) is 1. The van der Waals surface area contributed by atoms with Crippen molar-refractivity contribution in [1.82, 2.24) is 10.2 Å². The molecule has 1 aliphatic heterocycles. The number of rotatable bonds is 4. The second-order valence-electron chi connectivity index (χ2n) is 5.14. The zero-order valence-electron chi connectivity index (χ0n) is 11.5. The Hall–Kier alpha value is -0.940. The van der Waals surface area contributed by atoms with Gasteiger partial charge in [0.05, 0.1) is 4.47 Å². The maximum Gasteiger partial charge on any atom is 0.251 e. The number of halogens is 2. The highest BCUT2D eigenvalue weighted by molar-refractivity contribution is 9.10. The van der Waals surface area contributed by atoms with Gasteiger partial charge in [-0.3, -0.25) is 4.79 Å². The van der Waals surface area contributed by atoms with Crippen LogP contribution >= 0.6 is 15.9 Å². The lowest BCUT2D eigenvalue weighted by Gasteiger charge is -2.19. The molecule has 0 aliphatic carbocycles. The minimum absolute atomic E-state index is 0.216. The summed E-state index contributed by atoms with van der Waals surface area (Å²) in [6.07, 6.45) is 5.10. The van der Waals surface area contributed by atoms with E-state index >= 15 is 0 Å². The summed E-state index contributed by atoms with van der Waals surface area (Å²) in [7, 11) is 0. The fourth-order valence-corrected chi connectivity index (χ4v) is 2.67. The van der Waals surface area contributed by atoms with Gasteiger partial charge in [0.25, 0.3) is 5.91 Å². The Kier molecular flexibility index (Phi) is 5.98. The van der Waals surface area contributed by atoms with E-state index in [1.807, 2.05) is 0 Å². The van der Waals surface area contributed by atoms with Crippen molar-refractivity contribution >= 4 is 21.8 Å². The predicted octanol–water partition coefficient (Wildman–Crippen LogP) is 3.19. The Balaban J connectivity index is 1.78. The van der Waals surface area contributed by atoms with Crippen LogP contribution in [0.3, 0.4) is 0 Å². The van der Waals surface area contributed by atoms with Gasteiger partial charge in [-0.05, 0) is 60.1 Å². The molecule has 0 atom stereocenters. The molecule has 1 N–H and O–H groups in total. The van der Waals surface area contributed by atoms with E-state index in [2.05, 4.69) is 26.1 Å². The van der Waals surface area contributed by atoms with Crippen molar-refractivity contribution < 1.29 is 9.18 Å². The highest BCUT2D eigenvalue weighted by Gasteiger charge is 2.11. The third kappa shape index (κ3) is 4.56. The van der Waals surface area contributed by atoms with Crippen molar-refractivity contribution in [2.75, 3.05) is 26.2 Å². The highest BCUT2D eigenvalue weighted by Crippen LogP contribution is 2.16. The number of hydrogen-bond donors (Lipinski definition) is 1. The Morgan fingerprint density at radius 2 is 1.95 bits per heavy atom. The molecule has 110 valence electrons. The average Bonchev–Trinajstić information content (AvgIpc) is 2.70. The largest absolute Gasteiger partial charge is 0.351 e. The lowest BCUT2D eigenvalue weighted by Crippen LogP contribution is -2.35. The molecule has 0 unspecified atom stereocenters. The van der Waals surface area contributed by atoms with Crippen LogP contribution in [0, 0.1) is 5.82 Å². The third-order valence-electron chi connectivity index (χ3n) is 3.59. The van der Waals surface area contributed by atoms with E-state index < -0.39 is 5.82 Å². The molecular formula is C15H20BrFN2O. The van der Waals surface area contributed by atoms with Crippen molar-refractivity contribution in [3.05, 3.63) is 34.1 Å². The number of likely N-dealkylation sites (tertiary alicyclic amines) is 1. The van der Waals surface area contributed by atoms with Gasteiger partial charge in [0, 0.05) is 18.7 Å². The number of carbonyl (C=O) groups excluding carboxylic acids is 1. The molecule has 5 heteroatoms. The first-order chi connectivity index (χ1) is 9.66. The maximum absolute atomic E-state index is 13.4. The van der Waals surface area contributed by atoms with Gasteiger partial charge in [0.2, 0.25) is 0 Å². The average molecular weight is 343 g/mol. The molecule has 1 amide bonds. The second-order valence-corrected chi connectivity index (χ2v) is 5.99. The van der Waals surface area contributed by atoms with Crippen LogP contribution in [0.4, 0.5) is 4.39 Å². The van der Waals surface area contributed by atoms with Gasteiger partial charge in [0.1, 0.15) is 5.82 Å². The second kappa shape index (κ2) is 7.74. The molecule has 0 spiro atoms. The van der Waals surface area contributed by atoms with E-state index in [9.17, 15) is 9.18 Å². The van der Waals surface area contributed by atoms with Gasteiger partial charge in [-0.25, -0.2) is 4.39 Å². The van der Waals surface area contributed by atoms with E-state index in [1.165, 1.54) is 31.7 Å². The molecule has 2 rings (SSSR count). The molecule has 1 aromatic rings. The Labute approximate surface area is 127 Å². The van der Waals surface area contributed by atoms with E-state index in [0.717, 1.165) is 19.6 Å². The molecule has 1 heterocycles. The first-order valence-electron chi connectivity index (χ1n) is 7.12. The Bertz CT molecular complexity index is 459. The summed E-state index contributed by atoms with van der Waals surface area (Å²) in [6.45, 7) is 3.70. The van der Waals surface area contributed by atoms with Crippen LogP contribution in [-0.2, 0) is 0 Å². The summed E-state index contributed by atoms with van der Waals surface area (Å²) in [6, 6.07) is 4.43. The number of hydrogen-bond acceptors (Lipinski definition) is 2. The van der Waals surface area contributed by atoms with Crippen molar-refractivity contribution in [1.29, 1.82) is 0 Å². The van der Waals surface area contributed by atoms with Crippen LogP contribution in [0.5, 0.6) is 0 Å². The van der Waals surface area contributed by atoms with Crippen LogP contribution in [0.25, 0.3) is 0 Å². The van der Waals surface area contributed by atoms with Crippen molar-refractivity contribution in [2.45, 2.75) is 25.7 Å². The van der Waals surface area contributed by atoms with E-state index in [0.29, 0.717) is 16.6 Å². The quantitative estimate of drug-likeness (QED) is 0.911. The maximum atomic E-state index is 13.4.